The number of aliphatic hydroxyl groups excluding tert-OH is 1. The molecule has 2 N–H and O–H groups in total. The summed E-state index contributed by atoms with van der Waals surface area (Å²) in [4.78, 5) is 13.8. The molecule has 98 valence electrons. The molecule has 2 amide bonds. The summed E-state index contributed by atoms with van der Waals surface area (Å²) in [6.45, 7) is 3.22. The lowest BCUT2D eigenvalue weighted by molar-refractivity contribution is 0.0883. The summed E-state index contributed by atoms with van der Waals surface area (Å²) in [6.07, 6.45) is 2.16. The Balaban J connectivity index is 2.02. The summed E-state index contributed by atoms with van der Waals surface area (Å²) < 4.78 is 0. The number of nitrogens with zero attached hydrogens (tertiary/aromatic N) is 1. The van der Waals surface area contributed by atoms with E-state index in [0.717, 1.165) is 37.1 Å². The Kier molecular flexibility index (Phi) is 4.20. The van der Waals surface area contributed by atoms with Crippen molar-refractivity contribution >= 4 is 11.7 Å². The molecule has 18 heavy (non-hydrogen) atoms. The number of aryl methyl sites for hydroxylation is 1. The molecule has 2 rings (SSSR count). The van der Waals surface area contributed by atoms with E-state index in [1.165, 1.54) is 0 Å². The van der Waals surface area contributed by atoms with Crippen molar-refractivity contribution in [1.82, 2.24) is 4.90 Å². The van der Waals surface area contributed by atoms with E-state index in [0.29, 0.717) is 6.54 Å². The first-order chi connectivity index (χ1) is 8.70. The highest BCUT2D eigenvalue weighted by molar-refractivity contribution is 5.90. The van der Waals surface area contributed by atoms with Crippen molar-refractivity contribution in [2.75, 3.05) is 18.4 Å². The van der Waals surface area contributed by atoms with E-state index in [4.69, 9.17) is 0 Å². The molecule has 4 heteroatoms. The van der Waals surface area contributed by atoms with Gasteiger partial charge in [-0.05, 0) is 30.9 Å². The van der Waals surface area contributed by atoms with Crippen LogP contribution in [0.2, 0.25) is 0 Å². The molecule has 1 atom stereocenters. The van der Waals surface area contributed by atoms with Crippen LogP contribution in [0.25, 0.3) is 0 Å². The Bertz CT molecular complexity index is 420. The average molecular weight is 248 g/mol. The van der Waals surface area contributed by atoms with Crippen LogP contribution in [0.5, 0.6) is 0 Å². The Labute approximate surface area is 108 Å². The van der Waals surface area contributed by atoms with Gasteiger partial charge >= 0.3 is 6.03 Å². The van der Waals surface area contributed by atoms with Gasteiger partial charge in [-0.25, -0.2) is 4.79 Å². The minimum atomic E-state index is -0.383. The Morgan fingerprint density at radius 3 is 3.00 bits per heavy atom. The van der Waals surface area contributed by atoms with E-state index in [1.54, 1.807) is 4.90 Å². The second-order valence-corrected chi connectivity index (χ2v) is 4.68. The summed E-state index contributed by atoms with van der Waals surface area (Å²) >= 11 is 0. The highest BCUT2D eigenvalue weighted by Gasteiger charge is 2.22. The van der Waals surface area contributed by atoms with Crippen molar-refractivity contribution < 1.29 is 9.90 Å². The first-order valence-electron chi connectivity index (χ1n) is 6.52. The maximum Gasteiger partial charge on any atom is 0.321 e. The monoisotopic (exact) mass is 248 g/mol. The molecular formula is C14H20N2O2. The van der Waals surface area contributed by atoms with E-state index < -0.39 is 0 Å². The normalized spacial score (nSPS) is 19.7. The lowest BCUT2D eigenvalue weighted by Crippen LogP contribution is -2.44. The molecule has 0 aromatic heterocycles. The predicted molar refractivity (Wildman–Crippen MR) is 71.7 cm³/mol. The van der Waals surface area contributed by atoms with E-state index in [9.17, 15) is 9.90 Å². The van der Waals surface area contributed by atoms with Crippen LogP contribution in [-0.4, -0.2) is 35.2 Å². The fourth-order valence-corrected chi connectivity index (χ4v) is 2.28. The smallest absolute Gasteiger partial charge is 0.321 e. The fourth-order valence-electron chi connectivity index (χ4n) is 2.28. The zero-order valence-corrected chi connectivity index (χ0v) is 10.7. The molecule has 0 spiro atoms. The summed E-state index contributed by atoms with van der Waals surface area (Å²) in [5.41, 5.74) is 1.99. The minimum Gasteiger partial charge on any atom is -0.391 e. The average Bonchev–Trinajstić information content (AvgIpc) is 2.39. The van der Waals surface area contributed by atoms with E-state index >= 15 is 0 Å². The largest absolute Gasteiger partial charge is 0.391 e. The van der Waals surface area contributed by atoms with Crippen molar-refractivity contribution in [2.24, 2.45) is 0 Å². The molecule has 1 aliphatic heterocycles. The lowest BCUT2D eigenvalue weighted by atomic mass is 10.1. The molecule has 0 radical (unpaired) electrons. The second-order valence-electron chi connectivity index (χ2n) is 4.68. The number of benzene rings is 1. The lowest BCUT2D eigenvalue weighted by Gasteiger charge is -2.30. The molecule has 1 saturated heterocycles. The fraction of sp³-hybridized carbons (Fsp3) is 0.500. The number of anilines is 1. The quantitative estimate of drug-likeness (QED) is 0.843. The SMILES string of the molecule is CCc1ccccc1NC(=O)N1CCCC(O)C1. The Hall–Kier alpha value is -1.55. The van der Waals surface area contributed by atoms with Crippen LogP contribution < -0.4 is 5.32 Å². The first-order valence-corrected chi connectivity index (χ1v) is 6.52. The first kappa shape index (κ1) is 12.9. The third-order valence-corrected chi connectivity index (χ3v) is 3.32. The number of rotatable bonds is 2. The van der Waals surface area contributed by atoms with Gasteiger partial charge in [-0.15, -0.1) is 0 Å². The maximum absolute atomic E-state index is 12.1. The van der Waals surface area contributed by atoms with Crippen LogP contribution in [-0.2, 0) is 6.42 Å². The van der Waals surface area contributed by atoms with Crippen LogP contribution in [0.3, 0.4) is 0 Å². The highest BCUT2D eigenvalue weighted by Crippen LogP contribution is 2.17. The van der Waals surface area contributed by atoms with Crippen molar-refractivity contribution in [1.29, 1.82) is 0 Å². The van der Waals surface area contributed by atoms with Crippen LogP contribution >= 0.6 is 0 Å². The number of hydrogen-bond acceptors (Lipinski definition) is 2. The van der Waals surface area contributed by atoms with Gasteiger partial charge in [0.1, 0.15) is 0 Å². The van der Waals surface area contributed by atoms with Gasteiger partial charge in [0.2, 0.25) is 0 Å². The number of nitrogens with one attached hydrogen (secondary N) is 1. The molecule has 4 nitrogen and oxygen atoms in total. The number of para-hydroxylation sites is 1. The molecule has 1 aromatic rings. The van der Waals surface area contributed by atoms with Crippen LogP contribution in [0.4, 0.5) is 10.5 Å². The van der Waals surface area contributed by atoms with Gasteiger partial charge in [0, 0.05) is 18.8 Å². The van der Waals surface area contributed by atoms with Crippen molar-refractivity contribution in [3.63, 3.8) is 0 Å². The summed E-state index contributed by atoms with van der Waals surface area (Å²) in [5.74, 6) is 0. The molecule has 1 aliphatic rings. The van der Waals surface area contributed by atoms with E-state index in [2.05, 4.69) is 12.2 Å². The van der Waals surface area contributed by atoms with Gasteiger partial charge in [0.05, 0.1) is 6.10 Å². The molecule has 1 heterocycles. The molecule has 0 saturated carbocycles. The van der Waals surface area contributed by atoms with Gasteiger partial charge in [0.25, 0.3) is 0 Å². The third kappa shape index (κ3) is 3.01. The second kappa shape index (κ2) is 5.87. The number of carbonyl (C=O) groups is 1. The van der Waals surface area contributed by atoms with Gasteiger partial charge in [0.15, 0.2) is 0 Å². The van der Waals surface area contributed by atoms with Gasteiger partial charge in [-0.2, -0.15) is 0 Å². The maximum atomic E-state index is 12.1. The number of likely N-dealkylation sites (tertiary alicyclic amines) is 1. The van der Waals surface area contributed by atoms with Crippen molar-refractivity contribution in [3.8, 4) is 0 Å². The molecule has 1 unspecified atom stereocenters. The number of carbonyl (C=O) groups excluding carboxylic acids is 1. The highest BCUT2D eigenvalue weighted by atomic mass is 16.3. The summed E-state index contributed by atoms with van der Waals surface area (Å²) in [6, 6.07) is 7.70. The van der Waals surface area contributed by atoms with Crippen LogP contribution in [0, 0.1) is 0 Å². The van der Waals surface area contributed by atoms with Gasteiger partial charge < -0.3 is 15.3 Å². The van der Waals surface area contributed by atoms with E-state index in [1.807, 2.05) is 24.3 Å². The number of hydrogen-bond donors (Lipinski definition) is 2. The third-order valence-electron chi connectivity index (χ3n) is 3.32. The molecular weight excluding hydrogens is 228 g/mol. The van der Waals surface area contributed by atoms with E-state index in [-0.39, 0.29) is 12.1 Å². The zero-order valence-electron chi connectivity index (χ0n) is 10.7. The number of piperidine rings is 1. The van der Waals surface area contributed by atoms with Gasteiger partial charge in [-0.3, -0.25) is 0 Å². The predicted octanol–water partition coefficient (Wildman–Crippen LogP) is 2.24. The Morgan fingerprint density at radius 1 is 1.50 bits per heavy atom. The van der Waals surface area contributed by atoms with Gasteiger partial charge in [-0.1, -0.05) is 25.1 Å². The standard InChI is InChI=1S/C14H20N2O2/c1-2-11-6-3-4-8-13(11)15-14(18)16-9-5-7-12(17)10-16/h3-4,6,8,12,17H,2,5,7,9-10H2,1H3,(H,15,18). The van der Waals surface area contributed by atoms with Crippen LogP contribution in [0.1, 0.15) is 25.3 Å². The summed E-state index contributed by atoms with van der Waals surface area (Å²) in [7, 11) is 0. The minimum absolute atomic E-state index is 0.116. The zero-order chi connectivity index (χ0) is 13.0. The molecule has 1 fully saturated rings. The Morgan fingerprint density at radius 2 is 2.28 bits per heavy atom. The molecule has 0 aliphatic carbocycles. The number of urea groups is 1. The number of aliphatic hydroxyl groups is 1. The number of β-amino-alcohol motifs (C(OH)–C–C–N with tert-alkyl or cyclic N) is 1. The molecule has 1 aromatic carbocycles. The van der Waals surface area contributed by atoms with Crippen molar-refractivity contribution in [3.05, 3.63) is 29.8 Å². The number of amides is 2. The van der Waals surface area contributed by atoms with Crippen LogP contribution in [0.15, 0.2) is 24.3 Å². The topological polar surface area (TPSA) is 52.6 Å². The summed E-state index contributed by atoms with van der Waals surface area (Å²) in [5, 5.41) is 12.5. The molecule has 0 bridgehead atoms. The van der Waals surface area contributed by atoms with Crippen molar-refractivity contribution in [2.45, 2.75) is 32.3 Å².